The highest BCUT2D eigenvalue weighted by molar-refractivity contribution is 4.84. The van der Waals surface area contributed by atoms with Gasteiger partial charge in [0.25, 0.3) is 0 Å². The average molecular weight is 268 g/mol. The topological polar surface area (TPSA) is 24.5 Å². The van der Waals surface area contributed by atoms with Gasteiger partial charge in [-0.15, -0.1) is 0 Å². The van der Waals surface area contributed by atoms with Gasteiger partial charge in [-0.3, -0.25) is 4.90 Å². The molecule has 2 heterocycles. The number of nitrogens with one attached hydrogen (secondary N) is 1. The normalized spacial score (nSPS) is 33.2. The minimum atomic E-state index is 0.559. The van der Waals surface area contributed by atoms with Crippen LogP contribution in [0.1, 0.15) is 52.9 Å². The van der Waals surface area contributed by atoms with Crippen LogP contribution in [0.15, 0.2) is 0 Å². The van der Waals surface area contributed by atoms with Crippen molar-refractivity contribution in [2.24, 2.45) is 5.92 Å². The SMILES string of the molecule is CC(C)CC1CNC(C)CN1CCCC1CCCO1. The van der Waals surface area contributed by atoms with E-state index in [1.54, 1.807) is 0 Å². The molecule has 112 valence electrons. The Morgan fingerprint density at radius 1 is 1.37 bits per heavy atom. The Kier molecular flexibility index (Phi) is 6.11. The van der Waals surface area contributed by atoms with E-state index < -0.39 is 0 Å². The summed E-state index contributed by atoms with van der Waals surface area (Å²) in [6.07, 6.45) is 6.99. The first-order valence-electron chi connectivity index (χ1n) is 8.24. The Hall–Kier alpha value is -0.120. The zero-order valence-electron chi connectivity index (χ0n) is 13.0. The Labute approximate surface area is 119 Å². The summed E-state index contributed by atoms with van der Waals surface area (Å²) in [4.78, 5) is 2.72. The van der Waals surface area contributed by atoms with Gasteiger partial charge in [0.05, 0.1) is 6.10 Å². The molecule has 2 rings (SSSR count). The summed E-state index contributed by atoms with van der Waals surface area (Å²) in [5, 5.41) is 3.63. The second kappa shape index (κ2) is 7.61. The third-order valence-electron chi connectivity index (χ3n) is 4.47. The van der Waals surface area contributed by atoms with Crippen LogP contribution < -0.4 is 5.32 Å². The van der Waals surface area contributed by atoms with E-state index in [4.69, 9.17) is 4.74 Å². The van der Waals surface area contributed by atoms with Crippen molar-refractivity contribution in [1.82, 2.24) is 10.2 Å². The van der Waals surface area contributed by atoms with Gasteiger partial charge < -0.3 is 10.1 Å². The quantitative estimate of drug-likeness (QED) is 0.801. The second-order valence-corrected chi connectivity index (χ2v) is 6.86. The molecule has 0 spiro atoms. The molecule has 0 aromatic rings. The van der Waals surface area contributed by atoms with E-state index in [1.807, 2.05) is 0 Å². The molecule has 0 aromatic carbocycles. The van der Waals surface area contributed by atoms with Crippen LogP contribution in [-0.2, 0) is 4.74 Å². The summed E-state index contributed by atoms with van der Waals surface area (Å²) < 4.78 is 5.72. The maximum Gasteiger partial charge on any atom is 0.0576 e. The number of rotatable bonds is 6. The van der Waals surface area contributed by atoms with E-state index in [-0.39, 0.29) is 0 Å². The highest BCUT2D eigenvalue weighted by Crippen LogP contribution is 2.19. The van der Waals surface area contributed by atoms with E-state index in [0.717, 1.165) is 18.6 Å². The van der Waals surface area contributed by atoms with Crippen molar-refractivity contribution in [2.75, 3.05) is 26.2 Å². The second-order valence-electron chi connectivity index (χ2n) is 6.86. The molecule has 0 aliphatic carbocycles. The lowest BCUT2D eigenvalue weighted by Crippen LogP contribution is -2.56. The Morgan fingerprint density at radius 2 is 2.21 bits per heavy atom. The van der Waals surface area contributed by atoms with Crippen LogP contribution in [0.4, 0.5) is 0 Å². The molecular formula is C16H32N2O. The van der Waals surface area contributed by atoms with E-state index in [1.165, 1.54) is 51.7 Å². The molecule has 0 radical (unpaired) electrons. The van der Waals surface area contributed by atoms with E-state index in [2.05, 4.69) is 31.0 Å². The van der Waals surface area contributed by atoms with E-state index in [0.29, 0.717) is 12.1 Å². The van der Waals surface area contributed by atoms with E-state index in [9.17, 15) is 0 Å². The van der Waals surface area contributed by atoms with Gasteiger partial charge in [-0.05, 0) is 51.5 Å². The van der Waals surface area contributed by atoms with Gasteiger partial charge in [0.15, 0.2) is 0 Å². The predicted molar refractivity (Wildman–Crippen MR) is 80.5 cm³/mol. The Balaban J connectivity index is 1.73. The smallest absolute Gasteiger partial charge is 0.0576 e. The Bertz CT molecular complexity index is 251. The monoisotopic (exact) mass is 268 g/mol. The van der Waals surface area contributed by atoms with Crippen LogP contribution in [0.3, 0.4) is 0 Å². The first kappa shape index (κ1) is 15.3. The number of ether oxygens (including phenoxy) is 1. The van der Waals surface area contributed by atoms with Gasteiger partial charge in [0.1, 0.15) is 0 Å². The number of hydrogen-bond acceptors (Lipinski definition) is 3. The van der Waals surface area contributed by atoms with Crippen LogP contribution in [0.2, 0.25) is 0 Å². The summed E-state index contributed by atoms with van der Waals surface area (Å²) in [6.45, 7) is 11.6. The van der Waals surface area contributed by atoms with Crippen molar-refractivity contribution < 1.29 is 4.74 Å². The van der Waals surface area contributed by atoms with Gasteiger partial charge in [-0.25, -0.2) is 0 Å². The molecular weight excluding hydrogens is 236 g/mol. The molecule has 2 aliphatic heterocycles. The van der Waals surface area contributed by atoms with Crippen LogP contribution in [0.5, 0.6) is 0 Å². The standard InChI is InChI=1S/C16H32N2O/c1-13(2)10-15-11-17-14(3)12-18(15)8-4-6-16-7-5-9-19-16/h13-17H,4-12H2,1-3H3. The lowest BCUT2D eigenvalue weighted by molar-refractivity contribution is 0.0850. The highest BCUT2D eigenvalue weighted by Gasteiger charge is 2.26. The minimum absolute atomic E-state index is 0.559. The van der Waals surface area contributed by atoms with Crippen LogP contribution in [0, 0.1) is 5.92 Å². The fourth-order valence-corrected chi connectivity index (χ4v) is 3.48. The van der Waals surface area contributed by atoms with Crippen LogP contribution in [0.25, 0.3) is 0 Å². The summed E-state index contributed by atoms with van der Waals surface area (Å²) >= 11 is 0. The number of nitrogens with zero attached hydrogens (tertiary/aromatic N) is 1. The molecule has 3 atom stereocenters. The third kappa shape index (κ3) is 5.05. The molecule has 0 bridgehead atoms. The minimum Gasteiger partial charge on any atom is -0.378 e. The molecule has 3 nitrogen and oxygen atoms in total. The fraction of sp³-hybridized carbons (Fsp3) is 1.00. The maximum absolute atomic E-state index is 5.72. The van der Waals surface area contributed by atoms with Crippen molar-refractivity contribution in [3.05, 3.63) is 0 Å². The number of hydrogen-bond donors (Lipinski definition) is 1. The fourth-order valence-electron chi connectivity index (χ4n) is 3.48. The summed E-state index contributed by atoms with van der Waals surface area (Å²) in [5.74, 6) is 0.792. The first-order chi connectivity index (χ1) is 9.15. The van der Waals surface area contributed by atoms with Gasteiger partial charge in [0.2, 0.25) is 0 Å². The summed E-state index contributed by atoms with van der Waals surface area (Å²) in [6, 6.07) is 1.38. The molecule has 3 unspecified atom stereocenters. The highest BCUT2D eigenvalue weighted by atomic mass is 16.5. The zero-order valence-corrected chi connectivity index (χ0v) is 13.0. The van der Waals surface area contributed by atoms with Crippen LogP contribution >= 0.6 is 0 Å². The molecule has 2 aliphatic rings. The van der Waals surface area contributed by atoms with Crippen molar-refractivity contribution in [1.29, 1.82) is 0 Å². The van der Waals surface area contributed by atoms with Gasteiger partial charge >= 0.3 is 0 Å². The Morgan fingerprint density at radius 3 is 2.89 bits per heavy atom. The average Bonchev–Trinajstić information content (AvgIpc) is 2.85. The van der Waals surface area contributed by atoms with Crippen molar-refractivity contribution in [3.8, 4) is 0 Å². The zero-order chi connectivity index (χ0) is 13.7. The molecule has 3 heteroatoms. The van der Waals surface area contributed by atoms with Crippen LogP contribution in [-0.4, -0.2) is 49.3 Å². The molecule has 0 amide bonds. The maximum atomic E-state index is 5.72. The van der Waals surface area contributed by atoms with Crippen molar-refractivity contribution in [3.63, 3.8) is 0 Å². The number of piperazine rings is 1. The predicted octanol–water partition coefficient (Wildman–Crippen LogP) is 2.65. The molecule has 19 heavy (non-hydrogen) atoms. The molecule has 0 saturated carbocycles. The van der Waals surface area contributed by atoms with Gasteiger partial charge in [0, 0.05) is 31.8 Å². The lowest BCUT2D eigenvalue weighted by atomic mass is 9.98. The van der Waals surface area contributed by atoms with Gasteiger partial charge in [-0.2, -0.15) is 0 Å². The largest absolute Gasteiger partial charge is 0.378 e. The molecule has 2 saturated heterocycles. The summed E-state index contributed by atoms with van der Waals surface area (Å²) in [7, 11) is 0. The first-order valence-corrected chi connectivity index (χ1v) is 8.24. The third-order valence-corrected chi connectivity index (χ3v) is 4.47. The lowest BCUT2D eigenvalue weighted by Gasteiger charge is -2.40. The van der Waals surface area contributed by atoms with Crippen molar-refractivity contribution in [2.45, 2.75) is 71.1 Å². The molecule has 1 N–H and O–H groups in total. The molecule has 0 aromatic heterocycles. The van der Waals surface area contributed by atoms with Gasteiger partial charge in [-0.1, -0.05) is 13.8 Å². The molecule has 2 fully saturated rings. The van der Waals surface area contributed by atoms with E-state index >= 15 is 0 Å². The summed E-state index contributed by atoms with van der Waals surface area (Å²) in [5.41, 5.74) is 0. The van der Waals surface area contributed by atoms with Crippen molar-refractivity contribution >= 4 is 0 Å².